The van der Waals surface area contributed by atoms with Crippen LogP contribution in [0.4, 0.5) is 0 Å². The van der Waals surface area contributed by atoms with E-state index in [0.29, 0.717) is 6.42 Å². The first-order chi connectivity index (χ1) is 9.22. The van der Waals surface area contributed by atoms with Crippen molar-refractivity contribution in [3.8, 4) is 0 Å². The second-order valence-corrected chi connectivity index (χ2v) is 5.33. The van der Waals surface area contributed by atoms with Crippen LogP contribution in [0.5, 0.6) is 0 Å². The molecule has 0 aliphatic carbocycles. The highest BCUT2D eigenvalue weighted by Crippen LogP contribution is 2.34. The smallest absolute Gasteiger partial charge is 0.223 e. The van der Waals surface area contributed by atoms with E-state index in [1.165, 1.54) is 5.56 Å². The molecule has 0 aromatic heterocycles. The molecule has 1 saturated heterocycles. The van der Waals surface area contributed by atoms with Crippen LogP contribution in [0.15, 0.2) is 24.3 Å². The molecule has 1 amide bonds. The van der Waals surface area contributed by atoms with Crippen LogP contribution >= 0.6 is 11.6 Å². The third-order valence-electron chi connectivity index (χ3n) is 3.58. The Morgan fingerprint density at radius 3 is 2.68 bits per heavy atom. The van der Waals surface area contributed by atoms with Crippen LogP contribution in [-0.2, 0) is 9.53 Å². The van der Waals surface area contributed by atoms with Crippen molar-refractivity contribution in [1.82, 2.24) is 4.90 Å². The number of benzene rings is 1. The van der Waals surface area contributed by atoms with Crippen molar-refractivity contribution in [2.75, 3.05) is 20.3 Å². The maximum Gasteiger partial charge on any atom is 0.223 e. The van der Waals surface area contributed by atoms with Gasteiger partial charge in [0.25, 0.3) is 0 Å². The monoisotopic (exact) mass is 281 g/mol. The highest BCUT2D eigenvalue weighted by molar-refractivity contribution is 6.30. The number of carbonyl (C=O) groups excluding carboxylic acids is 1. The normalized spacial score (nSPS) is 18.2. The van der Waals surface area contributed by atoms with E-state index < -0.39 is 0 Å². The molecule has 3 nitrogen and oxygen atoms in total. The van der Waals surface area contributed by atoms with Crippen molar-refractivity contribution in [1.29, 1.82) is 0 Å². The van der Waals surface area contributed by atoms with Gasteiger partial charge in [0.15, 0.2) is 0 Å². The average Bonchev–Trinajstić information content (AvgIpc) is 2.36. The number of likely N-dealkylation sites (tertiary alicyclic amines) is 1. The second-order valence-electron chi connectivity index (χ2n) is 4.89. The quantitative estimate of drug-likeness (QED) is 0.748. The molecule has 1 aliphatic rings. The summed E-state index contributed by atoms with van der Waals surface area (Å²) >= 11 is 5.88. The fraction of sp³-hybridized carbons (Fsp3) is 0.533. The zero-order valence-electron chi connectivity index (χ0n) is 11.3. The van der Waals surface area contributed by atoms with Crippen LogP contribution in [0.1, 0.15) is 37.3 Å². The number of methoxy groups -OCH3 is 1. The van der Waals surface area contributed by atoms with Gasteiger partial charge in [-0.2, -0.15) is 0 Å². The van der Waals surface area contributed by atoms with Crippen LogP contribution < -0.4 is 0 Å². The Morgan fingerprint density at radius 2 is 2.11 bits per heavy atom. The van der Waals surface area contributed by atoms with E-state index in [-0.39, 0.29) is 11.9 Å². The lowest BCUT2D eigenvalue weighted by Gasteiger charge is -2.41. The molecule has 0 saturated carbocycles. The Balaban J connectivity index is 1.84. The van der Waals surface area contributed by atoms with Crippen LogP contribution in [0.2, 0.25) is 5.02 Å². The Bertz CT molecular complexity index is 419. The summed E-state index contributed by atoms with van der Waals surface area (Å²) in [7, 11) is 1.69. The summed E-state index contributed by atoms with van der Waals surface area (Å²) in [5.41, 5.74) is 1.18. The summed E-state index contributed by atoms with van der Waals surface area (Å²) in [4.78, 5) is 14.1. The van der Waals surface area contributed by atoms with E-state index in [0.717, 1.165) is 37.4 Å². The predicted octanol–water partition coefficient (Wildman–Crippen LogP) is 3.43. The summed E-state index contributed by atoms with van der Waals surface area (Å²) in [5, 5.41) is 0.737. The number of carbonyl (C=O) groups is 1. The van der Waals surface area contributed by atoms with Crippen LogP contribution in [-0.4, -0.2) is 31.1 Å². The maximum atomic E-state index is 12.1. The van der Waals surface area contributed by atoms with Crippen LogP contribution in [0.25, 0.3) is 0 Å². The summed E-state index contributed by atoms with van der Waals surface area (Å²) in [5.74, 6) is 0.252. The Kier molecular flexibility index (Phi) is 5.23. The molecule has 1 heterocycles. The SMILES string of the molecule is COCCCCC(=O)N1CC[C@@H]1c1ccc(Cl)cc1. The highest BCUT2D eigenvalue weighted by atomic mass is 35.5. The van der Waals surface area contributed by atoms with E-state index in [1.807, 2.05) is 29.2 Å². The van der Waals surface area contributed by atoms with Gasteiger partial charge in [-0.05, 0) is 37.0 Å². The lowest BCUT2D eigenvalue weighted by atomic mass is 9.94. The molecule has 1 fully saturated rings. The topological polar surface area (TPSA) is 29.5 Å². The van der Waals surface area contributed by atoms with Crippen molar-refractivity contribution in [3.05, 3.63) is 34.9 Å². The fourth-order valence-corrected chi connectivity index (χ4v) is 2.51. The predicted molar refractivity (Wildman–Crippen MR) is 76.3 cm³/mol. The Labute approximate surface area is 119 Å². The van der Waals surface area contributed by atoms with Crippen molar-refractivity contribution in [2.24, 2.45) is 0 Å². The number of unbranched alkanes of at least 4 members (excludes halogenated alkanes) is 1. The van der Waals surface area contributed by atoms with E-state index in [4.69, 9.17) is 16.3 Å². The van der Waals surface area contributed by atoms with Gasteiger partial charge in [0.05, 0.1) is 6.04 Å². The number of halogens is 1. The fourth-order valence-electron chi connectivity index (χ4n) is 2.38. The van der Waals surface area contributed by atoms with Gasteiger partial charge in [0.1, 0.15) is 0 Å². The largest absolute Gasteiger partial charge is 0.385 e. The van der Waals surface area contributed by atoms with E-state index in [1.54, 1.807) is 7.11 Å². The number of ether oxygens (including phenoxy) is 1. The van der Waals surface area contributed by atoms with Gasteiger partial charge in [-0.25, -0.2) is 0 Å². The minimum Gasteiger partial charge on any atom is -0.385 e. The Hall–Kier alpha value is -1.06. The molecule has 0 bridgehead atoms. The molecule has 1 aromatic rings. The van der Waals surface area contributed by atoms with Crippen LogP contribution in [0, 0.1) is 0 Å². The highest BCUT2D eigenvalue weighted by Gasteiger charge is 2.32. The zero-order valence-corrected chi connectivity index (χ0v) is 12.0. The molecule has 0 spiro atoms. The van der Waals surface area contributed by atoms with Gasteiger partial charge in [-0.15, -0.1) is 0 Å². The first-order valence-corrected chi connectivity index (χ1v) is 7.14. The van der Waals surface area contributed by atoms with Crippen molar-refractivity contribution >= 4 is 17.5 Å². The standard InChI is InChI=1S/C15H20ClNO2/c1-19-11-3-2-4-15(18)17-10-9-14(17)12-5-7-13(16)8-6-12/h5-8,14H,2-4,9-11H2,1H3/t14-/m1/s1. The molecule has 1 atom stereocenters. The molecule has 2 rings (SSSR count). The molecule has 1 aromatic carbocycles. The summed E-state index contributed by atoms with van der Waals surface area (Å²) in [6.07, 6.45) is 3.51. The molecule has 0 N–H and O–H groups in total. The summed E-state index contributed by atoms with van der Waals surface area (Å²) in [6, 6.07) is 8.04. The molecule has 19 heavy (non-hydrogen) atoms. The molecule has 1 aliphatic heterocycles. The first-order valence-electron chi connectivity index (χ1n) is 6.76. The minimum atomic E-state index is 0.243. The third-order valence-corrected chi connectivity index (χ3v) is 3.84. The van der Waals surface area contributed by atoms with E-state index >= 15 is 0 Å². The molecule has 104 valence electrons. The lowest BCUT2D eigenvalue weighted by Crippen LogP contribution is -2.45. The number of hydrogen-bond donors (Lipinski definition) is 0. The molecular weight excluding hydrogens is 262 g/mol. The minimum absolute atomic E-state index is 0.243. The van der Waals surface area contributed by atoms with Crippen molar-refractivity contribution in [3.63, 3.8) is 0 Å². The lowest BCUT2D eigenvalue weighted by molar-refractivity contribution is -0.139. The van der Waals surface area contributed by atoms with E-state index in [9.17, 15) is 4.79 Å². The third kappa shape index (κ3) is 3.71. The summed E-state index contributed by atoms with van der Waals surface area (Å²) in [6.45, 7) is 1.60. The van der Waals surface area contributed by atoms with Crippen molar-refractivity contribution in [2.45, 2.75) is 31.7 Å². The van der Waals surface area contributed by atoms with Gasteiger partial charge in [-0.1, -0.05) is 23.7 Å². The molecule has 0 radical (unpaired) electrons. The maximum absolute atomic E-state index is 12.1. The number of hydrogen-bond acceptors (Lipinski definition) is 2. The number of amides is 1. The zero-order chi connectivity index (χ0) is 13.7. The Morgan fingerprint density at radius 1 is 1.37 bits per heavy atom. The average molecular weight is 282 g/mol. The number of rotatable bonds is 6. The van der Waals surface area contributed by atoms with Gasteiger partial charge >= 0.3 is 0 Å². The van der Waals surface area contributed by atoms with Crippen molar-refractivity contribution < 1.29 is 9.53 Å². The molecule has 4 heteroatoms. The first kappa shape index (κ1) is 14.4. The molecule has 0 unspecified atom stereocenters. The van der Waals surface area contributed by atoms with Gasteiger partial charge < -0.3 is 9.64 Å². The number of nitrogens with zero attached hydrogens (tertiary/aromatic N) is 1. The molecular formula is C15H20ClNO2. The van der Waals surface area contributed by atoms with E-state index in [2.05, 4.69) is 0 Å². The van der Waals surface area contributed by atoms with Gasteiger partial charge in [0.2, 0.25) is 5.91 Å². The van der Waals surface area contributed by atoms with Gasteiger partial charge in [0, 0.05) is 31.7 Å². The summed E-state index contributed by atoms with van der Waals surface area (Å²) < 4.78 is 4.99. The van der Waals surface area contributed by atoms with Gasteiger partial charge in [-0.3, -0.25) is 4.79 Å². The van der Waals surface area contributed by atoms with Crippen LogP contribution in [0.3, 0.4) is 0 Å². The second kappa shape index (κ2) is 6.92.